The zero-order chi connectivity index (χ0) is 16.5. The third kappa shape index (κ3) is 2.67. The molecule has 3 aromatic rings. The largest absolute Gasteiger partial charge is 0.355 e. The highest BCUT2D eigenvalue weighted by molar-refractivity contribution is 5.79. The molecule has 1 aliphatic rings. The number of carbonyl (C=O) groups excluding carboxylic acids is 1. The van der Waals surface area contributed by atoms with Crippen LogP contribution in [0.3, 0.4) is 0 Å². The summed E-state index contributed by atoms with van der Waals surface area (Å²) in [5, 5.41) is 10.5. The zero-order valence-corrected chi connectivity index (χ0v) is 13.3. The Morgan fingerprint density at radius 2 is 1.83 bits per heavy atom. The summed E-state index contributed by atoms with van der Waals surface area (Å²) in [5.74, 6) is 1.21. The summed E-state index contributed by atoms with van der Waals surface area (Å²) < 4.78 is 1.78. The van der Waals surface area contributed by atoms with E-state index in [1.165, 1.54) is 5.56 Å². The van der Waals surface area contributed by atoms with Crippen molar-refractivity contribution in [2.75, 3.05) is 6.54 Å². The Kier molecular flexibility index (Phi) is 3.57. The van der Waals surface area contributed by atoms with E-state index in [4.69, 9.17) is 0 Å². The van der Waals surface area contributed by atoms with E-state index in [0.717, 1.165) is 29.2 Å². The number of benzene rings is 1. The van der Waals surface area contributed by atoms with Gasteiger partial charge in [-0.05, 0) is 30.2 Å². The molecule has 1 fully saturated rings. The molecule has 0 saturated carbocycles. The minimum absolute atomic E-state index is 0.133. The highest BCUT2D eigenvalue weighted by Crippen LogP contribution is 2.28. The fourth-order valence-electron chi connectivity index (χ4n) is 3.09. The fourth-order valence-corrected chi connectivity index (χ4v) is 3.09. The van der Waals surface area contributed by atoms with Gasteiger partial charge in [-0.1, -0.05) is 24.3 Å². The van der Waals surface area contributed by atoms with Crippen LogP contribution in [-0.4, -0.2) is 32.2 Å². The van der Waals surface area contributed by atoms with E-state index >= 15 is 0 Å². The molecule has 6 heteroatoms. The molecular formula is C18H17N5O. The first-order chi connectivity index (χ1) is 11.7. The van der Waals surface area contributed by atoms with E-state index in [2.05, 4.69) is 50.8 Å². The highest BCUT2D eigenvalue weighted by atomic mass is 16.1. The summed E-state index contributed by atoms with van der Waals surface area (Å²) in [6.07, 6.45) is 3.84. The van der Waals surface area contributed by atoms with Crippen LogP contribution < -0.4 is 5.32 Å². The lowest BCUT2D eigenvalue weighted by molar-refractivity contribution is -0.119. The standard InChI is InChI=1S/C18H17N5O/c1-12-16(6-7-17(22-12)23-10-20-21-11-23)14-4-2-13(3-5-14)15-8-18(24)19-9-15/h2-7,10-11,15H,8-9H2,1H3,(H,19,24). The Bertz CT molecular complexity index is 871. The molecular weight excluding hydrogens is 302 g/mol. The highest BCUT2D eigenvalue weighted by Gasteiger charge is 2.22. The second kappa shape index (κ2) is 5.88. The first kappa shape index (κ1) is 14.6. The van der Waals surface area contributed by atoms with Crippen LogP contribution in [0.1, 0.15) is 23.6 Å². The molecule has 120 valence electrons. The van der Waals surface area contributed by atoms with Crippen LogP contribution in [0.25, 0.3) is 16.9 Å². The lowest BCUT2D eigenvalue weighted by Gasteiger charge is -2.11. The van der Waals surface area contributed by atoms with Gasteiger partial charge in [-0.2, -0.15) is 0 Å². The van der Waals surface area contributed by atoms with E-state index in [0.29, 0.717) is 6.42 Å². The van der Waals surface area contributed by atoms with Crippen LogP contribution in [-0.2, 0) is 4.79 Å². The average Bonchev–Trinajstić information content (AvgIpc) is 3.27. The summed E-state index contributed by atoms with van der Waals surface area (Å²) in [6, 6.07) is 12.4. The molecule has 1 N–H and O–H groups in total. The first-order valence-corrected chi connectivity index (χ1v) is 7.90. The topological polar surface area (TPSA) is 72.7 Å². The monoisotopic (exact) mass is 319 g/mol. The fraction of sp³-hybridized carbons (Fsp3) is 0.222. The minimum Gasteiger partial charge on any atom is -0.355 e. The Morgan fingerprint density at radius 3 is 2.46 bits per heavy atom. The van der Waals surface area contributed by atoms with Crippen molar-refractivity contribution < 1.29 is 4.79 Å². The molecule has 1 saturated heterocycles. The number of aryl methyl sites for hydroxylation is 1. The zero-order valence-electron chi connectivity index (χ0n) is 13.3. The lowest BCUT2D eigenvalue weighted by Crippen LogP contribution is -2.13. The van der Waals surface area contributed by atoms with Crippen molar-refractivity contribution in [3.8, 4) is 16.9 Å². The molecule has 0 bridgehead atoms. The quantitative estimate of drug-likeness (QED) is 0.803. The maximum atomic E-state index is 11.4. The van der Waals surface area contributed by atoms with Crippen molar-refractivity contribution in [3.05, 3.63) is 60.3 Å². The molecule has 0 radical (unpaired) electrons. The molecule has 1 aliphatic heterocycles. The van der Waals surface area contributed by atoms with Gasteiger partial charge in [-0.3, -0.25) is 9.36 Å². The summed E-state index contributed by atoms with van der Waals surface area (Å²) in [4.78, 5) is 16.0. The van der Waals surface area contributed by atoms with Crippen molar-refractivity contribution >= 4 is 5.91 Å². The summed E-state index contributed by atoms with van der Waals surface area (Å²) in [6.45, 7) is 2.73. The predicted octanol–water partition coefficient (Wildman–Crippen LogP) is 2.24. The molecule has 3 heterocycles. The number of pyridine rings is 1. The van der Waals surface area contributed by atoms with Gasteiger partial charge in [-0.25, -0.2) is 4.98 Å². The number of nitrogens with zero attached hydrogens (tertiary/aromatic N) is 4. The van der Waals surface area contributed by atoms with Crippen LogP contribution in [0.2, 0.25) is 0 Å². The molecule has 6 nitrogen and oxygen atoms in total. The number of nitrogens with one attached hydrogen (secondary N) is 1. The predicted molar refractivity (Wildman–Crippen MR) is 89.7 cm³/mol. The molecule has 24 heavy (non-hydrogen) atoms. The Balaban J connectivity index is 1.60. The number of amides is 1. The van der Waals surface area contributed by atoms with Crippen LogP contribution in [0.5, 0.6) is 0 Å². The van der Waals surface area contributed by atoms with Crippen LogP contribution in [0.4, 0.5) is 0 Å². The number of carbonyl (C=O) groups is 1. The van der Waals surface area contributed by atoms with Gasteiger partial charge < -0.3 is 5.32 Å². The van der Waals surface area contributed by atoms with Gasteiger partial charge in [0.15, 0.2) is 0 Å². The maximum absolute atomic E-state index is 11.4. The van der Waals surface area contributed by atoms with Crippen molar-refractivity contribution in [3.63, 3.8) is 0 Å². The summed E-state index contributed by atoms with van der Waals surface area (Å²) in [7, 11) is 0. The van der Waals surface area contributed by atoms with Gasteiger partial charge in [0.25, 0.3) is 0 Å². The number of rotatable bonds is 3. The third-order valence-electron chi connectivity index (χ3n) is 4.42. The van der Waals surface area contributed by atoms with Gasteiger partial charge in [0, 0.05) is 30.1 Å². The number of hydrogen-bond donors (Lipinski definition) is 1. The molecule has 1 amide bonds. The third-order valence-corrected chi connectivity index (χ3v) is 4.42. The first-order valence-electron chi connectivity index (χ1n) is 7.90. The number of aromatic nitrogens is 4. The van der Waals surface area contributed by atoms with E-state index in [-0.39, 0.29) is 11.8 Å². The molecule has 0 spiro atoms. The van der Waals surface area contributed by atoms with E-state index in [1.54, 1.807) is 17.2 Å². The minimum atomic E-state index is 0.133. The van der Waals surface area contributed by atoms with Gasteiger partial charge in [0.2, 0.25) is 5.91 Å². The van der Waals surface area contributed by atoms with Crippen LogP contribution in [0.15, 0.2) is 49.1 Å². The van der Waals surface area contributed by atoms with E-state index in [1.807, 2.05) is 13.0 Å². The molecule has 1 unspecified atom stereocenters. The van der Waals surface area contributed by atoms with Crippen LogP contribution in [0, 0.1) is 6.92 Å². The van der Waals surface area contributed by atoms with Crippen molar-refractivity contribution in [2.24, 2.45) is 0 Å². The molecule has 0 aliphatic carbocycles. The molecule has 2 aromatic heterocycles. The van der Waals surface area contributed by atoms with Gasteiger partial charge >= 0.3 is 0 Å². The van der Waals surface area contributed by atoms with Crippen molar-refractivity contribution in [2.45, 2.75) is 19.3 Å². The van der Waals surface area contributed by atoms with E-state index < -0.39 is 0 Å². The lowest BCUT2D eigenvalue weighted by atomic mass is 9.95. The van der Waals surface area contributed by atoms with Crippen molar-refractivity contribution in [1.29, 1.82) is 0 Å². The molecule has 4 rings (SSSR count). The van der Waals surface area contributed by atoms with Crippen LogP contribution >= 0.6 is 0 Å². The normalized spacial score (nSPS) is 17.0. The Morgan fingerprint density at radius 1 is 1.08 bits per heavy atom. The summed E-state index contributed by atoms with van der Waals surface area (Å²) >= 11 is 0. The summed E-state index contributed by atoms with van der Waals surface area (Å²) in [5.41, 5.74) is 4.37. The Labute approximate surface area is 139 Å². The van der Waals surface area contributed by atoms with Crippen molar-refractivity contribution in [1.82, 2.24) is 25.1 Å². The second-order valence-corrected chi connectivity index (χ2v) is 6.00. The van der Waals surface area contributed by atoms with Gasteiger partial charge in [0.1, 0.15) is 18.5 Å². The van der Waals surface area contributed by atoms with Gasteiger partial charge in [-0.15, -0.1) is 10.2 Å². The molecule has 1 atom stereocenters. The van der Waals surface area contributed by atoms with Gasteiger partial charge in [0.05, 0.1) is 0 Å². The average molecular weight is 319 g/mol. The second-order valence-electron chi connectivity index (χ2n) is 6.00. The maximum Gasteiger partial charge on any atom is 0.220 e. The Hall–Kier alpha value is -3.02. The van der Waals surface area contributed by atoms with E-state index in [9.17, 15) is 4.79 Å². The smallest absolute Gasteiger partial charge is 0.220 e. The SMILES string of the molecule is Cc1nc(-n2cnnc2)ccc1-c1ccc(C2CNC(=O)C2)cc1. The molecule has 1 aromatic carbocycles. The number of hydrogen-bond acceptors (Lipinski definition) is 4.